The predicted molar refractivity (Wildman–Crippen MR) is 118 cm³/mol. The molecule has 0 amide bonds. The van der Waals surface area contributed by atoms with Crippen LogP contribution >= 0.6 is 0 Å². The third kappa shape index (κ3) is 3.73. The van der Waals surface area contributed by atoms with Crippen molar-refractivity contribution < 1.29 is 14.7 Å². The Morgan fingerprint density at radius 1 is 0.867 bits per heavy atom. The highest BCUT2D eigenvalue weighted by Crippen LogP contribution is 2.51. The summed E-state index contributed by atoms with van der Waals surface area (Å²) in [6, 6.07) is 7.31. The monoisotopic (exact) mass is 407 g/mol. The van der Waals surface area contributed by atoms with E-state index in [1.165, 1.54) is 0 Å². The van der Waals surface area contributed by atoms with E-state index in [0.29, 0.717) is 12.8 Å². The van der Waals surface area contributed by atoms with Crippen molar-refractivity contribution in [3.05, 3.63) is 52.4 Å². The number of rotatable bonds is 3. The molecule has 1 N–H and O–H groups in total. The van der Waals surface area contributed by atoms with Gasteiger partial charge in [-0.25, -0.2) is 0 Å². The van der Waals surface area contributed by atoms with E-state index in [4.69, 9.17) is 0 Å². The topological polar surface area (TPSA) is 57.6 Å². The van der Waals surface area contributed by atoms with E-state index >= 15 is 0 Å². The number of phenols is 1. The Balaban J connectivity index is 1.77. The van der Waals surface area contributed by atoms with E-state index in [2.05, 4.69) is 39.5 Å². The number of Topliss-reactive ketones (excluding diaryl/α,β-unsaturated/α-hetero) is 2. The first kappa shape index (κ1) is 20.9. The van der Waals surface area contributed by atoms with Crippen LogP contribution in [0.15, 0.2) is 46.8 Å². The molecule has 0 fully saturated rings. The maximum atomic E-state index is 13.2. The van der Waals surface area contributed by atoms with Crippen LogP contribution in [0.3, 0.4) is 0 Å². The molecule has 4 rings (SSSR count). The maximum Gasteiger partial charge on any atom is 0.161 e. The van der Waals surface area contributed by atoms with Gasteiger partial charge in [-0.1, -0.05) is 46.8 Å². The van der Waals surface area contributed by atoms with Gasteiger partial charge >= 0.3 is 0 Å². The fraction of sp³-hybridized carbons (Fsp3) is 0.538. The van der Waals surface area contributed by atoms with Crippen molar-refractivity contribution in [2.75, 3.05) is 6.54 Å². The fourth-order valence-corrected chi connectivity index (χ4v) is 5.55. The molecule has 0 unspecified atom stereocenters. The molecule has 0 saturated heterocycles. The van der Waals surface area contributed by atoms with Gasteiger partial charge in [0, 0.05) is 47.8 Å². The number of aromatic hydroxyl groups is 1. The van der Waals surface area contributed by atoms with Crippen LogP contribution < -0.4 is 0 Å². The number of carbonyl (C=O) groups is 2. The molecule has 0 saturated carbocycles. The first-order chi connectivity index (χ1) is 14.0. The Bertz CT molecular complexity index is 908. The molecule has 3 aliphatic rings. The highest BCUT2D eigenvalue weighted by Gasteiger charge is 2.46. The molecule has 0 bridgehead atoms. The van der Waals surface area contributed by atoms with Gasteiger partial charge in [0.1, 0.15) is 5.75 Å². The zero-order chi connectivity index (χ0) is 21.8. The summed E-state index contributed by atoms with van der Waals surface area (Å²) in [6.07, 6.45) is 3.61. The maximum absolute atomic E-state index is 13.2. The molecule has 0 radical (unpaired) electrons. The molecule has 1 heterocycles. The van der Waals surface area contributed by atoms with Crippen LogP contribution in [0.4, 0.5) is 0 Å². The largest absolute Gasteiger partial charge is 0.508 e. The summed E-state index contributed by atoms with van der Waals surface area (Å²) >= 11 is 0. The summed E-state index contributed by atoms with van der Waals surface area (Å²) in [7, 11) is 0. The number of phenolic OH excluding ortho intramolecular Hbond substituents is 1. The zero-order valence-electron chi connectivity index (χ0n) is 18.8. The summed E-state index contributed by atoms with van der Waals surface area (Å²) < 4.78 is 0. The van der Waals surface area contributed by atoms with Crippen molar-refractivity contribution in [1.82, 2.24) is 4.90 Å². The van der Waals surface area contributed by atoms with Crippen LogP contribution in [0.25, 0.3) is 0 Å². The lowest BCUT2D eigenvalue weighted by atomic mass is 9.65. The Morgan fingerprint density at radius 2 is 1.33 bits per heavy atom. The summed E-state index contributed by atoms with van der Waals surface area (Å²) in [4.78, 5) is 28.7. The summed E-state index contributed by atoms with van der Waals surface area (Å²) in [6.45, 7) is 11.4. The van der Waals surface area contributed by atoms with Crippen molar-refractivity contribution in [1.29, 1.82) is 0 Å². The second-order valence-corrected chi connectivity index (χ2v) is 10.9. The van der Waals surface area contributed by atoms with Gasteiger partial charge in [-0.3, -0.25) is 9.59 Å². The van der Waals surface area contributed by atoms with Gasteiger partial charge in [-0.2, -0.15) is 0 Å². The number of hydrogen-bond donors (Lipinski definition) is 1. The molecule has 1 aromatic rings. The van der Waals surface area contributed by atoms with Crippen molar-refractivity contribution >= 4 is 11.6 Å². The Hall–Kier alpha value is -2.36. The molecule has 4 heteroatoms. The number of ketones is 2. The Labute approximate surface area is 179 Å². The van der Waals surface area contributed by atoms with E-state index in [-0.39, 0.29) is 34.1 Å². The predicted octanol–water partition coefficient (Wildman–Crippen LogP) is 5.17. The molecule has 0 aromatic heterocycles. The Kier molecular flexibility index (Phi) is 4.95. The number of allylic oxidation sites excluding steroid dienone is 4. The third-order valence-corrected chi connectivity index (χ3v) is 6.87. The van der Waals surface area contributed by atoms with Gasteiger partial charge in [0.2, 0.25) is 0 Å². The fourth-order valence-electron chi connectivity index (χ4n) is 5.55. The molecule has 30 heavy (non-hydrogen) atoms. The minimum atomic E-state index is -0.105. The standard InChI is InChI=1S/C26H33NO3/c1-16-23-19(12-25(2,3)14-21(23)29)27(11-10-17-6-8-18(28)9-7-17)20-13-26(4,5)15-22(30)24(16)20/h6-9,16,28H,10-15H2,1-5H3. The minimum absolute atomic E-state index is 0.0708. The smallest absolute Gasteiger partial charge is 0.161 e. The normalized spacial score (nSPS) is 23.6. The van der Waals surface area contributed by atoms with Crippen LogP contribution in [0.2, 0.25) is 0 Å². The SMILES string of the molecule is CC1C2=C(CC(C)(C)CC2=O)N(CCc2ccc(O)cc2)C2=C1C(=O)CC(C)(C)C2. The van der Waals surface area contributed by atoms with Crippen LogP contribution in [-0.2, 0) is 16.0 Å². The molecule has 0 spiro atoms. The first-order valence-electron chi connectivity index (χ1n) is 11.1. The molecule has 160 valence electrons. The average Bonchev–Trinajstić information content (AvgIpc) is 2.60. The minimum Gasteiger partial charge on any atom is -0.508 e. The van der Waals surface area contributed by atoms with Crippen LogP contribution in [0.1, 0.15) is 65.9 Å². The number of benzene rings is 1. The van der Waals surface area contributed by atoms with E-state index in [9.17, 15) is 14.7 Å². The molecule has 1 aromatic carbocycles. The quantitative estimate of drug-likeness (QED) is 0.751. The lowest BCUT2D eigenvalue weighted by molar-refractivity contribution is -0.120. The van der Waals surface area contributed by atoms with Gasteiger partial charge in [0.15, 0.2) is 11.6 Å². The van der Waals surface area contributed by atoms with E-state index in [0.717, 1.165) is 53.9 Å². The van der Waals surface area contributed by atoms with Crippen molar-refractivity contribution in [3.63, 3.8) is 0 Å². The summed E-state index contributed by atoms with van der Waals surface area (Å²) in [5.74, 6) is 0.562. The highest BCUT2D eigenvalue weighted by molar-refractivity contribution is 6.05. The Morgan fingerprint density at radius 3 is 1.80 bits per heavy atom. The van der Waals surface area contributed by atoms with Gasteiger partial charge < -0.3 is 10.0 Å². The van der Waals surface area contributed by atoms with Crippen LogP contribution in [0, 0.1) is 16.7 Å². The van der Waals surface area contributed by atoms with Gasteiger partial charge in [-0.15, -0.1) is 0 Å². The second-order valence-electron chi connectivity index (χ2n) is 10.9. The van der Waals surface area contributed by atoms with Crippen molar-refractivity contribution in [3.8, 4) is 5.75 Å². The molecule has 4 nitrogen and oxygen atoms in total. The van der Waals surface area contributed by atoms with Crippen LogP contribution in [-0.4, -0.2) is 28.1 Å². The van der Waals surface area contributed by atoms with E-state index in [1.54, 1.807) is 12.1 Å². The van der Waals surface area contributed by atoms with E-state index in [1.807, 2.05) is 12.1 Å². The molecule has 2 aliphatic carbocycles. The van der Waals surface area contributed by atoms with Gasteiger partial charge in [0.25, 0.3) is 0 Å². The molecular weight excluding hydrogens is 374 g/mol. The number of nitrogens with zero attached hydrogens (tertiary/aromatic N) is 1. The lowest BCUT2D eigenvalue weighted by Crippen LogP contribution is -2.45. The lowest BCUT2D eigenvalue weighted by Gasteiger charge is -2.48. The van der Waals surface area contributed by atoms with Crippen molar-refractivity contribution in [2.45, 2.75) is 66.7 Å². The van der Waals surface area contributed by atoms with Crippen LogP contribution in [0.5, 0.6) is 5.75 Å². The summed E-state index contributed by atoms with van der Waals surface area (Å²) in [5.41, 5.74) is 4.99. The molecule has 0 atom stereocenters. The zero-order valence-corrected chi connectivity index (χ0v) is 18.8. The summed E-state index contributed by atoms with van der Waals surface area (Å²) in [5, 5.41) is 9.58. The van der Waals surface area contributed by atoms with Gasteiger partial charge in [-0.05, 0) is 47.8 Å². The van der Waals surface area contributed by atoms with Crippen molar-refractivity contribution in [2.24, 2.45) is 16.7 Å². The third-order valence-electron chi connectivity index (χ3n) is 6.87. The van der Waals surface area contributed by atoms with Gasteiger partial charge in [0.05, 0.1) is 0 Å². The highest BCUT2D eigenvalue weighted by atomic mass is 16.3. The first-order valence-corrected chi connectivity index (χ1v) is 11.1. The number of hydrogen-bond acceptors (Lipinski definition) is 4. The van der Waals surface area contributed by atoms with E-state index < -0.39 is 0 Å². The second kappa shape index (κ2) is 7.11. The molecule has 1 aliphatic heterocycles. The molecular formula is C26H33NO3. The number of carbonyl (C=O) groups excluding carboxylic acids is 2. The average molecular weight is 408 g/mol.